The fraction of sp³-hybridized carbons (Fsp3) is 0. The summed E-state index contributed by atoms with van der Waals surface area (Å²) in [6.45, 7) is 0. The van der Waals surface area contributed by atoms with Gasteiger partial charge in [0.2, 0.25) is 0 Å². The van der Waals surface area contributed by atoms with Crippen molar-refractivity contribution in [3.63, 3.8) is 0 Å². The van der Waals surface area contributed by atoms with Gasteiger partial charge in [-0.05, 0) is 12.1 Å². The monoisotopic (exact) mass is 287 g/mol. The van der Waals surface area contributed by atoms with Crippen molar-refractivity contribution >= 4 is 12.2 Å². The summed E-state index contributed by atoms with van der Waals surface area (Å²) < 4.78 is 59.2. The number of hydrogen-bond acceptors (Lipinski definition) is 3. The zero-order valence-corrected chi connectivity index (χ0v) is 9.55. The summed E-state index contributed by atoms with van der Waals surface area (Å²) in [4.78, 5) is 21.2. The molecule has 1 heterocycles. The van der Waals surface area contributed by atoms with Gasteiger partial charge in [-0.2, -0.15) is 0 Å². The lowest BCUT2D eigenvalue weighted by atomic mass is 10.1. The van der Waals surface area contributed by atoms with Gasteiger partial charge in [0.15, 0.2) is 35.3 Å². The molecular weight excluding hydrogens is 282 g/mol. The summed E-state index contributed by atoms with van der Waals surface area (Å²) >= 11 is 0. The van der Waals surface area contributed by atoms with Crippen molar-refractivity contribution in [2.45, 2.75) is 0 Å². The highest BCUT2D eigenvalue weighted by Gasteiger charge is 2.30. The number of furan rings is 1. The normalized spacial score (nSPS) is 10.6. The van der Waals surface area contributed by atoms with Crippen LogP contribution in [-0.4, -0.2) is 12.2 Å². The molecule has 0 saturated carbocycles. The van der Waals surface area contributed by atoms with Gasteiger partial charge >= 0.3 is 0 Å². The average Bonchev–Trinajstić information content (AvgIpc) is 2.85. The van der Waals surface area contributed by atoms with Crippen molar-refractivity contribution in [2.75, 3.05) is 0 Å². The molecule has 0 saturated heterocycles. The first-order chi connectivity index (χ1) is 9.38. The maximum atomic E-state index is 13.7. The Labute approximate surface area is 108 Å². The predicted octanol–water partition coefficient (Wildman–Crippen LogP) is 2.41. The molecule has 104 valence electrons. The van der Waals surface area contributed by atoms with Gasteiger partial charge in [-0.1, -0.05) is 0 Å². The van der Waals surface area contributed by atoms with Crippen molar-refractivity contribution in [3.8, 4) is 11.3 Å². The molecule has 0 spiro atoms. The Morgan fingerprint density at radius 3 is 2.00 bits per heavy atom. The molecule has 0 fully saturated rings. The van der Waals surface area contributed by atoms with Gasteiger partial charge in [0.05, 0.1) is 5.56 Å². The van der Waals surface area contributed by atoms with E-state index in [0.717, 1.165) is 12.1 Å². The standard InChI is InChI=1S/C12H5F4NO3/c13-8-6(5-2-1-4(3-18)20-5)9(14)11(16)7(10(8)15)12(17)19/h1-3H,(H2,17,19). The van der Waals surface area contributed by atoms with Crippen LogP contribution in [0.2, 0.25) is 0 Å². The van der Waals surface area contributed by atoms with Gasteiger partial charge in [0.1, 0.15) is 11.3 Å². The quantitative estimate of drug-likeness (QED) is 0.535. The SMILES string of the molecule is NC(=O)c1c(F)c(F)c(-c2ccc(C=O)o2)c(F)c1F. The van der Waals surface area contributed by atoms with Crippen molar-refractivity contribution in [1.82, 2.24) is 0 Å². The third kappa shape index (κ3) is 1.94. The summed E-state index contributed by atoms with van der Waals surface area (Å²) in [5, 5.41) is 0. The first-order valence-electron chi connectivity index (χ1n) is 5.09. The second kappa shape index (κ2) is 4.80. The van der Waals surface area contributed by atoms with E-state index in [9.17, 15) is 27.2 Å². The summed E-state index contributed by atoms with van der Waals surface area (Å²) in [6, 6.07) is 2.01. The summed E-state index contributed by atoms with van der Waals surface area (Å²) in [7, 11) is 0. The number of carbonyl (C=O) groups is 2. The molecule has 1 aromatic carbocycles. The van der Waals surface area contributed by atoms with E-state index in [1.165, 1.54) is 0 Å². The van der Waals surface area contributed by atoms with E-state index >= 15 is 0 Å². The molecule has 0 unspecified atom stereocenters. The van der Waals surface area contributed by atoms with E-state index in [0.29, 0.717) is 0 Å². The first-order valence-corrected chi connectivity index (χ1v) is 5.09. The number of primary amides is 1. The van der Waals surface area contributed by atoms with E-state index in [1.54, 1.807) is 0 Å². The van der Waals surface area contributed by atoms with Gasteiger partial charge < -0.3 is 10.2 Å². The van der Waals surface area contributed by atoms with Crippen LogP contribution in [0.1, 0.15) is 20.9 Å². The number of benzene rings is 1. The fourth-order valence-electron chi connectivity index (χ4n) is 1.61. The van der Waals surface area contributed by atoms with Crippen LogP contribution >= 0.6 is 0 Å². The van der Waals surface area contributed by atoms with Crippen LogP contribution in [0.15, 0.2) is 16.5 Å². The number of rotatable bonds is 3. The minimum atomic E-state index is -1.93. The minimum absolute atomic E-state index is 0.240. The molecule has 8 heteroatoms. The van der Waals surface area contributed by atoms with Crippen LogP contribution in [-0.2, 0) is 0 Å². The molecule has 0 bridgehead atoms. The zero-order valence-electron chi connectivity index (χ0n) is 9.55. The zero-order chi connectivity index (χ0) is 15.0. The van der Waals surface area contributed by atoms with E-state index in [2.05, 4.69) is 5.73 Å². The number of carbonyl (C=O) groups excluding carboxylic acids is 2. The predicted molar refractivity (Wildman–Crippen MR) is 57.9 cm³/mol. The Balaban J connectivity index is 2.78. The molecule has 0 atom stereocenters. The maximum absolute atomic E-state index is 13.7. The number of halogens is 4. The van der Waals surface area contributed by atoms with E-state index in [4.69, 9.17) is 4.42 Å². The highest BCUT2D eigenvalue weighted by molar-refractivity contribution is 5.94. The Bertz CT molecular complexity index is 695. The lowest BCUT2D eigenvalue weighted by Crippen LogP contribution is -2.18. The lowest BCUT2D eigenvalue weighted by molar-refractivity contribution is 0.0989. The van der Waals surface area contributed by atoms with Crippen LogP contribution in [0.4, 0.5) is 17.6 Å². The summed E-state index contributed by atoms with van der Waals surface area (Å²) in [5.74, 6) is -10.1. The summed E-state index contributed by atoms with van der Waals surface area (Å²) in [6.07, 6.45) is 0.240. The largest absolute Gasteiger partial charge is 0.453 e. The molecule has 0 aliphatic heterocycles. The molecule has 20 heavy (non-hydrogen) atoms. The smallest absolute Gasteiger partial charge is 0.254 e. The van der Waals surface area contributed by atoms with Crippen LogP contribution in [0, 0.1) is 23.3 Å². The molecule has 1 amide bonds. The number of hydrogen-bond donors (Lipinski definition) is 1. The van der Waals surface area contributed by atoms with Crippen LogP contribution < -0.4 is 5.73 Å². The molecule has 0 radical (unpaired) electrons. The van der Waals surface area contributed by atoms with E-state index in [-0.39, 0.29) is 12.0 Å². The Hall–Kier alpha value is -2.64. The van der Waals surface area contributed by atoms with Gasteiger partial charge in [-0.3, -0.25) is 9.59 Å². The Kier molecular flexibility index (Phi) is 3.31. The van der Waals surface area contributed by atoms with E-state index in [1.807, 2.05) is 0 Å². The molecule has 1 aromatic heterocycles. The number of aldehydes is 1. The average molecular weight is 287 g/mol. The van der Waals surface area contributed by atoms with Crippen LogP contribution in [0.25, 0.3) is 11.3 Å². The van der Waals surface area contributed by atoms with Crippen molar-refractivity contribution < 1.29 is 31.6 Å². The van der Waals surface area contributed by atoms with Crippen molar-refractivity contribution in [2.24, 2.45) is 5.73 Å². The topological polar surface area (TPSA) is 73.3 Å². The molecular formula is C12H5F4NO3. The Morgan fingerprint density at radius 1 is 1.05 bits per heavy atom. The van der Waals surface area contributed by atoms with Gasteiger partial charge in [0.25, 0.3) is 5.91 Å². The van der Waals surface area contributed by atoms with Crippen molar-refractivity contribution in [3.05, 3.63) is 46.7 Å². The van der Waals surface area contributed by atoms with Gasteiger partial charge in [-0.25, -0.2) is 17.6 Å². The summed E-state index contributed by atoms with van der Waals surface area (Å²) in [5.41, 5.74) is 1.95. The minimum Gasteiger partial charge on any atom is -0.453 e. The third-order valence-electron chi connectivity index (χ3n) is 2.50. The molecule has 2 N–H and O–H groups in total. The van der Waals surface area contributed by atoms with Gasteiger partial charge in [-0.15, -0.1) is 0 Å². The van der Waals surface area contributed by atoms with E-state index < -0.39 is 46.1 Å². The molecule has 4 nitrogen and oxygen atoms in total. The molecule has 0 aliphatic rings. The highest BCUT2D eigenvalue weighted by Crippen LogP contribution is 2.32. The molecule has 2 aromatic rings. The highest BCUT2D eigenvalue weighted by atomic mass is 19.2. The van der Waals surface area contributed by atoms with Crippen molar-refractivity contribution in [1.29, 1.82) is 0 Å². The third-order valence-corrected chi connectivity index (χ3v) is 2.50. The molecule has 2 rings (SSSR count). The molecule has 0 aliphatic carbocycles. The second-order valence-corrected chi connectivity index (χ2v) is 3.69. The maximum Gasteiger partial charge on any atom is 0.254 e. The lowest BCUT2D eigenvalue weighted by Gasteiger charge is -2.08. The van der Waals surface area contributed by atoms with Crippen LogP contribution in [0.5, 0.6) is 0 Å². The number of amides is 1. The fourth-order valence-corrected chi connectivity index (χ4v) is 1.61. The second-order valence-electron chi connectivity index (χ2n) is 3.69. The number of nitrogens with two attached hydrogens (primary N) is 1. The first kappa shape index (κ1) is 13.8. The van der Waals surface area contributed by atoms with Crippen LogP contribution in [0.3, 0.4) is 0 Å². The van der Waals surface area contributed by atoms with Gasteiger partial charge in [0, 0.05) is 0 Å². The Morgan fingerprint density at radius 2 is 1.60 bits per heavy atom.